The van der Waals surface area contributed by atoms with Gasteiger partial charge in [0, 0.05) is 23.9 Å². The van der Waals surface area contributed by atoms with Crippen molar-refractivity contribution in [2.45, 2.75) is 45.6 Å². The number of non-ortho nitro benzene ring substituents is 1. The molecule has 1 aromatic carbocycles. The molecule has 0 heterocycles. The first-order valence-electron chi connectivity index (χ1n) is 7.31. The van der Waals surface area contributed by atoms with Crippen LogP contribution in [0.2, 0.25) is 0 Å². The van der Waals surface area contributed by atoms with E-state index in [0.29, 0.717) is 18.4 Å². The van der Waals surface area contributed by atoms with E-state index in [1.807, 2.05) is 13.0 Å². The molecule has 5 nitrogen and oxygen atoms in total. The Hall–Kier alpha value is -1.78. The van der Waals surface area contributed by atoms with E-state index in [1.54, 1.807) is 6.07 Å². The summed E-state index contributed by atoms with van der Waals surface area (Å²) in [4.78, 5) is 10.6. The van der Waals surface area contributed by atoms with E-state index in [4.69, 9.17) is 4.74 Å². The molecule has 5 heteroatoms. The predicted molar refractivity (Wildman–Crippen MR) is 79.3 cm³/mol. The maximum Gasteiger partial charge on any atom is 0.275 e. The van der Waals surface area contributed by atoms with Gasteiger partial charge in [0.2, 0.25) is 0 Å². The highest BCUT2D eigenvalue weighted by atomic mass is 16.6. The van der Waals surface area contributed by atoms with Gasteiger partial charge in [-0.05, 0) is 25.7 Å². The van der Waals surface area contributed by atoms with Crippen LogP contribution >= 0.6 is 0 Å². The van der Waals surface area contributed by atoms with Crippen LogP contribution in [-0.2, 0) is 0 Å². The average Bonchev–Trinajstić information content (AvgIpc) is 3.22. The van der Waals surface area contributed by atoms with Crippen molar-refractivity contribution in [3.63, 3.8) is 0 Å². The molecule has 0 amide bonds. The Balaban J connectivity index is 2.13. The van der Waals surface area contributed by atoms with Crippen LogP contribution in [0.1, 0.15) is 39.5 Å². The zero-order chi connectivity index (χ0) is 14.5. The van der Waals surface area contributed by atoms with Crippen LogP contribution in [0.4, 0.5) is 11.4 Å². The lowest BCUT2D eigenvalue weighted by atomic mass is 10.1. The van der Waals surface area contributed by atoms with E-state index < -0.39 is 0 Å². The topological polar surface area (TPSA) is 64.4 Å². The summed E-state index contributed by atoms with van der Waals surface area (Å²) in [5.74, 6) is 1.38. The fourth-order valence-electron chi connectivity index (χ4n) is 2.34. The van der Waals surface area contributed by atoms with Crippen molar-refractivity contribution < 1.29 is 9.66 Å². The lowest BCUT2D eigenvalue weighted by molar-refractivity contribution is -0.384. The summed E-state index contributed by atoms with van der Waals surface area (Å²) in [5, 5.41) is 14.4. The van der Waals surface area contributed by atoms with Gasteiger partial charge in [-0.1, -0.05) is 19.8 Å². The van der Waals surface area contributed by atoms with Crippen molar-refractivity contribution in [3.05, 3.63) is 28.3 Å². The van der Waals surface area contributed by atoms with Crippen LogP contribution < -0.4 is 10.1 Å². The molecule has 2 rings (SSSR count). The summed E-state index contributed by atoms with van der Waals surface area (Å²) < 4.78 is 5.40. The first-order chi connectivity index (χ1) is 9.62. The molecule has 1 aliphatic carbocycles. The van der Waals surface area contributed by atoms with E-state index in [9.17, 15) is 10.1 Å². The second-order valence-corrected chi connectivity index (χ2v) is 5.33. The van der Waals surface area contributed by atoms with Crippen LogP contribution in [0.5, 0.6) is 5.75 Å². The van der Waals surface area contributed by atoms with E-state index in [2.05, 4.69) is 12.2 Å². The number of benzene rings is 1. The van der Waals surface area contributed by atoms with Crippen molar-refractivity contribution in [3.8, 4) is 5.75 Å². The molecular weight excluding hydrogens is 256 g/mol. The molecule has 1 aliphatic rings. The molecule has 0 spiro atoms. The lowest BCUT2D eigenvalue weighted by Crippen LogP contribution is -2.19. The molecule has 1 N–H and O–H groups in total. The van der Waals surface area contributed by atoms with E-state index >= 15 is 0 Å². The Morgan fingerprint density at radius 3 is 2.70 bits per heavy atom. The minimum absolute atomic E-state index is 0.0692. The van der Waals surface area contributed by atoms with E-state index in [-0.39, 0.29) is 10.6 Å². The molecule has 0 aromatic heterocycles. The third kappa shape index (κ3) is 4.11. The summed E-state index contributed by atoms with van der Waals surface area (Å²) in [6.45, 7) is 4.51. The number of anilines is 1. The smallest absolute Gasteiger partial charge is 0.275 e. The number of nitrogens with one attached hydrogen (secondary N) is 1. The third-order valence-corrected chi connectivity index (χ3v) is 3.59. The van der Waals surface area contributed by atoms with Gasteiger partial charge in [0.15, 0.2) is 0 Å². The zero-order valence-electron chi connectivity index (χ0n) is 12.1. The molecular formula is C15H22N2O3. The van der Waals surface area contributed by atoms with Gasteiger partial charge >= 0.3 is 0 Å². The maximum absolute atomic E-state index is 11.0. The Morgan fingerprint density at radius 2 is 2.15 bits per heavy atom. The van der Waals surface area contributed by atoms with Crippen molar-refractivity contribution in [2.24, 2.45) is 5.92 Å². The number of rotatable bonds is 8. The average molecular weight is 278 g/mol. The SMILES string of the molecule is CCOc1cc(NC(CC)CC2CC2)cc([N+](=O)[O-])c1. The van der Waals surface area contributed by atoms with Crippen LogP contribution in [0.3, 0.4) is 0 Å². The molecule has 0 saturated heterocycles. The molecule has 1 aromatic rings. The third-order valence-electron chi connectivity index (χ3n) is 3.59. The van der Waals surface area contributed by atoms with Gasteiger partial charge in [-0.2, -0.15) is 0 Å². The quantitative estimate of drug-likeness (QED) is 0.577. The van der Waals surface area contributed by atoms with Crippen molar-refractivity contribution in [2.75, 3.05) is 11.9 Å². The van der Waals surface area contributed by atoms with E-state index in [0.717, 1.165) is 24.4 Å². The van der Waals surface area contributed by atoms with Gasteiger partial charge in [0.05, 0.1) is 17.6 Å². The number of nitro benzene ring substituents is 1. The maximum atomic E-state index is 11.0. The summed E-state index contributed by atoms with van der Waals surface area (Å²) in [6, 6.07) is 5.26. The van der Waals surface area contributed by atoms with Gasteiger partial charge in [0.1, 0.15) is 5.75 Å². The van der Waals surface area contributed by atoms with Gasteiger partial charge in [-0.15, -0.1) is 0 Å². The van der Waals surface area contributed by atoms with Gasteiger partial charge in [-0.25, -0.2) is 0 Å². The Kier molecular flexibility index (Phi) is 4.82. The Bertz CT molecular complexity index is 472. The number of hydrogen-bond acceptors (Lipinski definition) is 4. The summed E-state index contributed by atoms with van der Waals surface area (Å²) >= 11 is 0. The zero-order valence-corrected chi connectivity index (χ0v) is 12.1. The molecule has 1 unspecified atom stereocenters. The van der Waals surface area contributed by atoms with Crippen LogP contribution in [0.15, 0.2) is 18.2 Å². The Labute approximate surface area is 119 Å². The number of ether oxygens (including phenoxy) is 1. The number of nitro groups is 1. The highest BCUT2D eigenvalue weighted by Gasteiger charge is 2.25. The molecule has 1 atom stereocenters. The monoisotopic (exact) mass is 278 g/mol. The predicted octanol–water partition coefficient (Wildman–Crippen LogP) is 3.98. The second kappa shape index (κ2) is 6.59. The molecule has 0 bridgehead atoms. The molecule has 0 radical (unpaired) electrons. The van der Waals surface area contributed by atoms with Crippen molar-refractivity contribution in [1.29, 1.82) is 0 Å². The number of hydrogen-bond donors (Lipinski definition) is 1. The minimum Gasteiger partial charge on any atom is -0.494 e. The second-order valence-electron chi connectivity index (χ2n) is 5.33. The highest BCUT2D eigenvalue weighted by Crippen LogP contribution is 2.35. The first-order valence-corrected chi connectivity index (χ1v) is 7.31. The Morgan fingerprint density at radius 1 is 1.40 bits per heavy atom. The van der Waals surface area contributed by atoms with Gasteiger partial charge in [-0.3, -0.25) is 10.1 Å². The molecule has 20 heavy (non-hydrogen) atoms. The van der Waals surface area contributed by atoms with Gasteiger partial charge < -0.3 is 10.1 Å². The first kappa shape index (κ1) is 14.6. The van der Waals surface area contributed by atoms with Crippen LogP contribution in [0, 0.1) is 16.0 Å². The van der Waals surface area contributed by atoms with Crippen LogP contribution in [-0.4, -0.2) is 17.6 Å². The van der Waals surface area contributed by atoms with Crippen molar-refractivity contribution in [1.82, 2.24) is 0 Å². The molecule has 1 saturated carbocycles. The molecule has 1 fully saturated rings. The largest absolute Gasteiger partial charge is 0.494 e. The fraction of sp³-hybridized carbons (Fsp3) is 0.600. The van der Waals surface area contributed by atoms with Gasteiger partial charge in [0.25, 0.3) is 5.69 Å². The summed E-state index contributed by atoms with van der Waals surface area (Å²) in [6.07, 6.45) is 4.79. The fourth-order valence-corrected chi connectivity index (χ4v) is 2.34. The number of nitrogens with zero attached hydrogens (tertiary/aromatic N) is 1. The standard InChI is InChI=1S/C15H22N2O3/c1-3-12(7-11-5-6-11)16-13-8-14(17(18)19)10-15(9-13)20-4-2/h8-12,16H,3-7H2,1-2H3. The normalized spacial score (nSPS) is 15.7. The summed E-state index contributed by atoms with van der Waals surface area (Å²) in [7, 11) is 0. The molecule has 110 valence electrons. The lowest BCUT2D eigenvalue weighted by Gasteiger charge is -2.18. The van der Waals surface area contributed by atoms with Crippen molar-refractivity contribution >= 4 is 11.4 Å². The highest BCUT2D eigenvalue weighted by molar-refractivity contribution is 5.56. The summed E-state index contributed by atoms with van der Waals surface area (Å²) in [5.41, 5.74) is 0.842. The minimum atomic E-state index is -0.379. The molecule has 0 aliphatic heterocycles. The van der Waals surface area contributed by atoms with E-state index in [1.165, 1.54) is 18.9 Å². The van der Waals surface area contributed by atoms with Crippen LogP contribution in [0.25, 0.3) is 0 Å².